The van der Waals surface area contributed by atoms with Gasteiger partial charge >= 0.3 is 0 Å². The molecule has 4 nitrogen and oxygen atoms in total. The van der Waals surface area contributed by atoms with E-state index in [0.29, 0.717) is 15.9 Å². The maximum atomic E-state index is 12.2. The monoisotopic (exact) mass is 327 g/mol. The lowest BCUT2D eigenvalue weighted by Gasteiger charge is -2.08. The van der Waals surface area contributed by atoms with Gasteiger partial charge in [-0.25, -0.2) is 4.98 Å². The molecule has 0 fully saturated rings. The molecule has 2 heterocycles. The molecule has 20 heavy (non-hydrogen) atoms. The predicted octanol–water partition coefficient (Wildman–Crippen LogP) is 3.64. The van der Waals surface area contributed by atoms with Crippen LogP contribution >= 0.6 is 15.9 Å². The predicted molar refractivity (Wildman–Crippen MR) is 81.6 cm³/mol. The third-order valence-corrected chi connectivity index (χ3v) is 3.30. The van der Waals surface area contributed by atoms with Gasteiger partial charge in [0.05, 0.1) is 11.2 Å². The molecule has 0 aliphatic rings. The average molecular weight is 328 g/mol. The molecule has 1 N–H and O–H groups in total. The molecule has 3 rings (SSSR count). The zero-order valence-electron chi connectivity index (χ0n) is 10.4. The topological polar surface area (TPSA) is 54.9 Å². The number of carbonyl (C=O) groups is 1. The quantitative estimate of drug-likeness (QED) is 0.731. The number of halogens is 1. The van der Waals surface area contributed by atoms with Gasteiger partial charge in [-0.1, -0.05) is 18.2 Å². The number of nitrogens with zero attached hydrogens (tertiary/aromatic N) is 2. The van der Waals surface area contributed by atoms with Crippen LogP contribution in [0.4, 0.5) is 5.69 Å². The maximum absolute atomic E-state index is 12.2. The summed E-state index contributed by atoms with van der Waals surface area (Å²) in [5.74, 6) is -0.189. The summed E-state index contributed by atoms with van der Waals surface area (Å²) in [6, 6.07) is 12.9. The summed E-state index contributed by atoms with van der Waals surface area (Å²) in [4.78, 5) is 20.5. The first-order valence-electron chi connectivity index (χ1n) is 6.01. The summed E-state index contributed by atoms with van der Waals surface area (Å²) >= 11 is 3.25. The molecule has 3 aromatic rings. The summed E-state index contributed by atoms with van der Waals surface area (Å²) in [5.41, 5.74) is 2.01. The van der Waals surface area contributed by atoms with Gasteiger partial charge in [-0.2, -0.15) is 0 Å². The minimum absolute atomic E-state index is 0.189. The standard InChI is InChI=1S/C15H10BrN3O/c16-13-9-11(6-8-17-13)15(20)19-12-5-1-3-10-4-2-7-18-14(10)12/h1-9H,(H,19,20). The second kappa shape index (κ2) is 5.38. The maximum Gasteiger partial charge on any atom is 0.255 e. The Morgan fingerprint density at radius 1 is 1.05 bits per heavy atom. The first-order chi connectivity index (χ1) is 9.74. The Balaban J connectivity index is 1.95. The van der Waals surface area contributed by atoms with Gasteiger partial charge in [0.1, 0.15) is 4.60 Å². The van der Waals surface area contributed by atoms with Gasteiger partial charge in [-0.3, -0.25) is 9.78 Å². The van der Waals surface area contributed by atoms with Crippen LogP contribution in [0, 0.1) is 0 Å². The molecular weight excluding hydrogens is 318 g/mol. The molecule has 0 unspecified atom stereocenters. The molecule has 0 saturated carbocycles. The zero-order chi connectivity index (χ0) is 13.9. The molecule has 5 heteroatoms. The minimum atomic E-state index is -0.189. The van der Waals surface area contributed by atoms with Gasteiger partial charge in [-0.05, 0) is 40.2 Å². The normalized spacial score (nSPS) is 10.4. The lowest BCUT2D eigenvalue weighted by molar-refractivity contribution is 0.102. The van der Waals surface area contributed by atoms with Crippen LogP contribution in [0.25, 0.3) is 10.9 Å². The van der Waals surface area contributed by atoms with Crippen molar-refractivity contribution in [3.63, 3.8) is 0 Å². The lowest BCUT2D eigenvalue weighted by atomic mass is 10.2. The van der Waals surface area contributed by atoms with Crippen LogP contribution in [0.3, 0.4) is 0 Å². The zero-order valence-corrected chi connectivity index (χ0v) is 12.0. The van der Waals surface area contributed by atoms with Gasteiger partial charge in [-0.15, -0.1) is 0 Å². The highest BCUT2D eigenvalue weighted by atomic mass is 79.9. The van der Waals surface area contributed by atoms with E-state index in [1.54, 1.807) is 24.5 Å². The third kappa shape index (κ3) is 2.53. The van der Waals surface area contributed by atoms with E-state index in [2.05, 4.69) is 31.2 Å². The van der Waals surface area contributed by atoms with E-state index in [-0.39, 0.29) is 5.91 Å². The second-order valence-corrected chi connectivity index (χ2v) is 5.01. The number of hydrogen-bond acceptors (Lipinski definition) is 3. The fraction of sp³-hybridized carbons (Fsp3) is 0. The number of nitrogens with one attached hydrogen (secondary N) is 1. The SMILES string of the molecule is O=C(Nc1cccc2cccnc12)c1ccnc(Br)c1. The smallest absolute Gasteiger partial charge is 0.255 e. The largest absolute Gasteiger partial charge is 0.320 e. The summed E-state index contributed by atoms with van der Waals surface area (Å²) in [7, 11) is 0. The summed E-state index contributed by atoms with van der Waals surface area (Å²) in [5, 5.41) is 3.87. The fourth-order valence-electron chi connectivity index (χ4n) is 1.94. The number of hydrogen-bond donors (Lipinski definition) is 1. The first kappa shape index (κ1) is 12.7. The molecule has 0 saturated heterocycles. The Hall–Kier alpha value is -2.27. The van der Waals surface area contributed by atoms with Crippen molar-refractivity contribution >= 4 is 38.4 Å². The number of benzene rings is 1. The Morgan fingerprint density at radius 3 is 2.75 bits per heavy atom. The molecule has 0 bridgehead atoms. The number of anilines is 1. The highest BCUT2D eigenvalue weighted by Crippen LogP contribution is 2.21. The molecule has 2 aromatic heterocycles. The number of rotatable bonds is 2. The van der Waals surface area contributed by atoms with Gasteiger partial charge < -0.3 is 5.32 Å². The van der Waals surface area contributed by atoms with E-state index in [4.69, 9.17) is 0 Å². The molecule has 0 spiro atoms. The first-order valence-corrected chi connectivity index (χ1v) is 6.80. The lowest BCUT2D eigenvalue weighted by Crippen LogP contribution is -2.12. The number of amides is 1. The van der Waals surface area contributed by atoms with Crippen molar-refractivity contribution in [3.05, 3.63) is 65.0 Å². The Bertz CT molecular complexity index is 783. The Morgan fingerprint density at radius 2 is 1.90 bits per heavy atom. The van der Waals surface area contributed by atoms with Crippen LogP contribution in [0.2, 0.25) is 0 Å². The van der Waals surface area contributed by atoms with E-state index in [9.17, 15) is 4.79 Å². The van der Waals surface area contributed by atoms with E-state index < -0.39 is 0 Å². The molecule has 98 valence electrons. The molecule has 0 atom stereocenters. The van der Waals surface area contributed by atoms with Crippen molar-refractivity contribution in [2.45, 2.75) is 0 Å². The van der Waals surface area contributed by atoms with E-state index >= 15 is 0 Å². The minimum Gasteiger partial charge on any atom is -0.320 e. The fourth-order valence-corrected chi connectivity index (χ4v) is 2.31. The number of fused-ring (bicyclic) bond motifs is 1. The van der Waals surface area contributed by atoms with Crippen molar-refractivity contribution in [1.82, 2.24) is 9.97 Å². The van der Waals surface area contributed by atoms with Gasteiger partial charge in [0, 0.05) is 23.3 Å². The molecule has 1 aromatic carbocycles. The number of pyridine rings is 2. The van der Waals surface area contributed by atoms with E-state index in [1.165, 1.54) is 0 Å². The van der Waals surface area contributed by atoms with Crippen molar-refractivity contribution in [1.29, 1.82) is 0 Å². The molecule has 0 aliphatic carbocycles. The summed E-state index contributed by atoms with van der Waals surface area (Å²) in [6.07, 6.45) is 3.29. The van der Waals surface area contributed by atoms with Crippen molar-refractivity contribution < 1.29 is 4.79 Å². The van der Waals surface area contributed by atoms with Crippen molar-refractivity contribution in [2.24, 2.45) is 0 Å². The van der Waals surface area contributed by atoms with Crippen LogP contribution in [0.1, 0.15) is 10.4 Å². The highest BCUT2D eigenvalue weighted by Gasteiger charge is 2.09. The van der Waals surface area contributed by atoms with Gasteiger partial charge in [0.15, 0.2) is 0 Å². The average Bonchev–Trinajstić information content (AvgIpc) is 2.47. The van der Waals surface area contributed by atoms with Crippen molar-refractivity contribution in [3.8, 4) is 0 Å². The Labute approximate surface area is 124 Å². The van der Waals surface area contributed by atoms with Crippen LogP contribution in [0.5, 0.6) is 0 Å². The van der Waals surface area contributed by atoms with Crippen molar-refractivity contribution in [2.75, 3.05) is 5.32 Å². The second-order valence-electron chi connectivity index (χ2n) is 4.20. The molecule has 0 aliphatic heterocycles. The van der Waals surface area contributed by atoms with Gasteiger partial charge in [0.25, 0.3) is 5.91 Å². The van der Waals surface area contributed by atoms with Crippen LogP contribution in [-0.4, -0.2) is 15.9 Å². The Kier molecular flexibility index (Phi) is 3.43. The molecular formula is C15H10BrN3O. The van der Waals surface area contributed by atoms with Gasteiger partial charge in [0.2, 0.25) is 0 Å². The van der Waals surface area contributed by atoms with E-state index in [1.807, 2.05) is 30.3 Å². The van der Waals surface area contributed by atoms with E-state index in [0.717, 1.165) is 10.9 Å². The summed E-state index contributed by atoms with van der Waals surface area (Å²) < 4.78 is 0.626. The van der Waals surface area contributed by atoms with Crippen LogP contribution < -0.4 is 5.32 Å². The number of aromatic nitrogens is 2. The molecule has 0 radical (unpaired) electrons. The third-order valence-electron chi connectivity index (χ3n) is 2.87. The van der Waals surface area contributed by atoms with Crippen LogP contribution in [0.15, 0.2) is 59.5 Å². The number of para-hydroxylation sites is 1. The summed E-state index contributed by atoms with van der Waals surface area (Å²) in [6.45, 7) is 0. The highest BCUT2D eigenvalue weighted by molar-refractivity contribution is 9.10. The molecule has 1 amide bonds. The van der Waals surface area contributed by atoms with Crippen LogP contribution in [-0.2, 0) is 0 Å². The number of carbonyl (C=O) groups excluding carboxylic acids is 1.